The van der Waals surface area contributed by atoms with Crippen LogP contribution in [0.2, 0.25) is 5.02 Å². The van der Waals surface area contributed by atoms with Crippen molar-refractivity contribution in [2.45, 2.75) is 19.1 Å². The van der Waals surface area contributed by atoms with Crippen LogP contribution in [0.5, 0.6) is 0 Å². The molecule has 1 rings (SSSR count). The minimum atomic E-state index is -1.04. The summed E-state index contributed by atoms with van der Waals surface area (Å²) in [5.41, 5.74) is -0.194. The number of thioether (sulfide) groups is 1. The molecule has 0 aromatic heterocycles. The van der Waals surface area contributed by atoms with Crippen molar-refractivity contribution in [1.82, 2.24) is 10.6 Å². The topological polar surface area (TPSA) is 78.4 Å². The molecule has 0 heterocycles. The molecule has 1 aromatic carbocycles. The molecule has 116 valence electrons. The Bertz CT molecular complexity index is 491. The van der Waals surface area contributed by atoms with Crippen LogP contribution < -0.4 is 10.6 Å². The zero-order valence-electron chi connectivity index (χ0n) is 12.0. The van der Waals surface area contributed by atoms with Crippen molar-refractivity contribution < 1.29 is 14.7 Å². The van der Waals surface area contributed by atoms with E-state index in [9.17, 15) is 14.7 Å². The number of aliphatic hydroxyl groups is 1. The molecule has 0 saturated heterocycles. The van der Waals surface area contributed by atoms with E-state index in [1.807, 2.05) is 6.26 Å². The average molecular weight is 331 g/mol. The van der Waals surface area contributed by atoms with E-state index in [0.29, 0.717) is 10.8 Å². The maximum absolute atomic E-state index is 11.6. The van der Waals surface area contributed by atoms with Gasteiger partial charge in [0, 0.05) is 23.9 Å². The minimum Gasteiger partial charge on any atom is -0.387 e. The van der Waals surface area contributed by atoms with E-state index in [-0.39, 0.29) is 13.1 Å². The summed E-state index contributed by atoms with van der Waals surface area (Å²) >= 11 is 7.22. The highest BCUT2D eigenvalue weighted by Gasteiger charge is 2.22. The van der Waals surface area contributed by atoms with E-state index in [2.05, 4.69) is 10.6 Å². The van der Waals surface area contributed by atoms with Crippen molar-refractivity contribution in [3.63, 3.8) is 0 Å². The fourth-order valence-electron chi connectivity index (χ4n) is 1.58. The number of carbonyl (C=O) groups excluding carboxylic acids is 2. The SMILES string of the molecule is CSC[C@@](C)(O)CNC(=O)C(=O)NCc1ccc(Cl)cc1. The first-order chi connectivity index (χ1) is 9.84. The summed E-state index contributed by atoms with van der Waals surface area (Å²) in [6.07, 6.45) is 1.86. The highest BCUT2D eigenvalue weighted by molar-refractivity contribution is 7.98. The normalized spacial score (nSPS) is 13.3. The van der Waals surface area contributed by atoms with Crippen LogP contribution in [-0.4, -0.2) is 41.1 Å². The van der Waals surface area contributed by atoms with Gasteiger partial charge in [-0.3, -0.25) is 9.59 Å². The molecule has 1 aromatic rings. The minimum absolute atomic E-state index is 0.0288. The van der Waals surface area contributed by atoms with Gasteiger partial charge in [-0.25, -0.2) is 0 Å². The molecular formula is C14H19ClN2O3S. The van der Waals surface area contributed by atoms with E-state index in [1.54, 1.807) is 31.2 Å². The lowest BCUT2D eigenvalue weighted by Crippen LogP contribution is -2.47. The molecular weight excluding hydrogens is 312 g/mol. The third-order valence-electron chi connectivity index (χ3n) is 2.66. The monoisotopic (exact) mass is 330 g/mol. The van der Waals surface area contributed by atoms with Gasteiger partial charge in [0.25, 0.3) is 0 Å². The molecule has 1 atom stereocenters. The summed E-state index contributed by atoms with van der Waals surface area (Å²) in [4.78, 5) is 23.2. The molecule has 0 unspecified atom stereocenters. The van der Waals surface area contributed by atoms with Crippen LogP contribution >= 0.6 is 23.4 Å². The van der Waals surface area contributed by atoms with Crippen LogP contribution in [0.25, 0.3) is 0 Å². The maximum Gasteiger partial charge on any atom is 0.309 e. The van der Waals surface area contributed by atoms with Gasteiger partial charge in [-0.1, -0.05) is 23.7 Å². The van der Waals surface area contributed by atoms with Crippen molar-refractivity contribution >= 4 is 35.2 Å². The third-order valence-corrected chi connectivity index (χ3v) is 3.82. The summed E-state index contributed by atoms with van der Waals surface area (Å²) in [5, 5.41) is 15.4. The van der Waals surface area contributed by atoms with Gasteiger partial charge in [-0.05, 0) is 30.9 Å². The smallest absolute Gasteiger partial charge is 0.309 e. The fourth-order valence-corrected chi connectivity index (χ4v) is 2.43. The molecule has 0 bridgehead atoms. The number of halogens is 1. The summed E-state index contributed by atoms with van der Waals surface area (Å²) in [7, 11) is 0. The molecule has 3 N–H and O–H groups in total. The molecule has 7 heteroatoms. The van der Waals surface area contributed by atoms with Gasteiger partial charge in [-0.2, -0.15) is 11.8 Å². The standard InChI is InChI=1S/C14H19ClN2O3S/c1-14(20,9-21-2)8-17-13(19)12(18)16-7-10-3-5-11(15)6-4-10/h3-6,20H,7-9H2,1-2H3,(H,16,18)(H,17,19)/t14-/m0/s1. The molecule has 0 aliphatic carbocycles. The number of rotatable bonds is 6. The number of amides is 2. The first-order valence-corrected chi connectivity index (χ1v) is 8.13. The number of hydrogen-bond donors (Lipinski definition) is 3. The second-order valence-corrected chi connectivity index (χ2v) is 6.22. The number of carbonyl (C=O) groups is 2. The Morgan fingerprint density at radius 3 is 2.38 bits per heavy atom. The molecule has 0 spiro atoms. The molecule has 0 radical (unpaired) electrons. The number of hydrogen-bond acceptors (Lipinski definition) is 4. The molecule has 0 fully saturated rings. The van der Waals surface area contributed by atoms with Crippen molar-refractivity contribution in [2.75, 3.05) is 18.6 Å². The maximum atomic E-state index is 11.6. The van der Waals surface area contributed by atoms with E-state index in [4.69, 9.17) is 11.6 Å². The number of benzene rings is 1. The Kier molecular flexibility index (Phi) is 7.01. The summed E-state index contributed by atoms with van der Waals surface area (Å²) in [5.74, 6) is -1.02. The first kappa shape index (κ1) is 17.8. The van der Waals surface area contributed by atoms with Crippen LogP contribution in [0.4, 0.5) is 0 Å². The molecule has 21 heavy (non-hydrogen) atoms. The van der Waals surface area contributed by atoms with Crippen molar-refractivity contribution in [3.05, 3.63) is 34.9 Å². The van der Waals surface area contributed by atoms with Crippen LogP contribution in [-0.2, 0) is 16.1 Å². The van der Waals surface area contributed by atoms with E-state index >= 15 is 0 Å². The molecule has 2 amide bonds. The quantitative estimate of drug-likeness (QED) is 0.685. The Morgan fingerprint density at radius 2 is 1.81 bits per heavy atom. The van der Waals surface area contributed by atoms with E-state index in [0.717, 1.165) is 5.56 Å². The van der Waals surface area contributed by atoms with Crippen molar-refractivity contribution in [1.29, 1.82) is 0 Å². The number of nitrogens with one attached hydrogen (secondary N) is 2. The van der Waals surface area contributed by atoms with Crippen molar-refractivity contribution in [3.8, 4) is 0 Å². The lowest BCUT2D eigenvalue weighted by molar-refractivity contribution is -0.139. The van der Waals surface area contributed by atoms with Gasteiger partial charge in [0.1, 0.15) is 0 Å². The summed E-state index contributed by atoms with van der Waals surface area (Å²) in [6, 6.07) is 6.96. The van der Waals surface area contributed by atoms with E-state index < -0.39 is 17.4 Å². The van der Waals surface area contributed by atoms with Gasteiger partial charge in [0.05, 0.1) is 5.60 Å². The van der Waals surface area contributed by atoms with Gasteiger partial charge in [0.15, 0.2) is 0 Å². The zero-order valence-corrected chi connectivity index (χ0v) is 13.6. The summed E-state index contributed by atoms with van der Waals surface area (Å²) in [6.45, 7) is 1.88. The molecule has 0 aliphatic rings. The van der Waals surface area contributed by atoms with Crippen molar-refractivity contribution in [2.24, 2.45) is 0 Å². The predicted octanol–water partition coefficient (Wildman–Crippen LogP) is 1.19. The van der Waals surface area contributed by atoms with Crippen LogP contribution in [0.1, 0.15) is 12.5 Å². The van der Waals surface area contributed by atoms with Gasteiger partial charge >= 0.3 is 11.8 Å². The summed E-state index contributed by atoms with van der Waals surface area (Å²) < 4.78 is 0. The lowest BCUT2D eigenvalue weighted by atomic mass is 10.1. The molecule has 0 aliphatic heterocycles. The Hall–Kier alpha value is -1.24. The van der Waals surface area contributed by atoms with Crippen LogP contribution in [0, 0.1) is 0 Å². The largest absolute Gasteiger partial charge is 0.387 e. The second kappa shape index (κ2) is 8.26. The van der Waals surface area contributed by atoms with Gasteiger partial charge in [0.2, 0.25) is 0 Å². The Balaban J connectivity index is 2.37. The van der Waals surface area contributed by atoms with Crippen LogP contribution in [0.15, 0.2) is 24.3 Å². The molecule has 5 nitrogen and oxygen atoms in total. The second-order valence-electron chi connectivity index (χ2n) is 4.92. The Morgan fingerprint density at radius 1 is 1.24 bits per heavy atom. The van der Waals surface area contributed by atoms with Gasteiger partial charge < -0.3 is 15.7 Å². The van der Waals surface area contributed by atoms with Gasteiger partial charge in [-0.15, -0.1) is 0 Å². The first-order valence-electron chi connectivity index (χ1n) is 6.36. The van der Waals surface area contributed by atoms with E-state index in [1.165, 1.54) is 11.8 Å². The Labute approximate surface area is 133 Å². The predicted molar refractivity (Wildman–Crippen MR) is 85.3 cm³/mol. The third kappa shape index (κ3) is 6.84. The average Bonchev–Trinajstić information content (AvgIpc) is 2.44. The fraction of sp³-hybridized carbons (Fsp3) is 0.429. The van der Waals surface area contributed by atoms with Crippen LogP contribution in [0.3, 0.4) is 0 Å². The highest BCUT2D eigenvalue weighted by atomic mass is 35.5. The lowest BCUT2D eigenvalue weighted by Gasteiger charge is -2.22. The molecule has 0 saturated carbocycles. The highest BCUT2D eigenvalue weighted by Crippen LogP contribution is 2.09. The zero-order chi connectivity index (χ0) is 15.9.